The van der Waals surface area contributed by atoms with Crippen molar-refractivity contribution in [2.24, 2.45) is 0 Å². The van der Waals surface area contributed by atoms with Gasteiger partial charge in [-0.3, -0.25) is 4.79 Å². The molecule has 0 unspecified atom stereocenters. The smallest absolute Gasteiger partial charge is 0.162 e. The Morgan fingerprint density at radius 1 is 1.29 bits per heavy atom. The molecule has 0 bridgehead atoms. The van der Waals surface area contributed by atoms with E-state index in [9.17, 15) is 9.90 Å². The topological polar surface area (TPSA) is 37.3 Å². The number of benzene rings is 1. The molecule has 0 heterocycles. The van der Waals surface area contributed by atoms with Gasteiger partial charge in [0.2, 0.25) is 0 Å². The molecular weight excluding hydrogens is 176 g/mol. The second-order valence-corrected chi connectivity index (χ2v) is 4.10. The molecule has 0 saturated heterocycles. The molecule has 2 heteroatoms. The van der Waals surface area contributed by atoms with E-state index in [1.54, 1.807) is 26.0 Å². The molecule has 0 fully saturated rings. The van der Waals surface area contributed by atoms with Crippen LogP contribution in [0.5, 0.6) is 0 Å². The van der Waals surface area contributed by atoms with Crippen LogP contribution in [0.15, 0.2) is 30.3 Å². The Labute approximate surface area is 84.6 Å². The van der Waals surface area contributed by atoms with Crippen molar-refractivity contribution in [1.82, 2.24) is 0 Å². The highest BCUT2D eigenvalue weighted by Crippen LogP contribution is 2.13. The molecule has 0 spiro atoms. The Balaban J connectivity index is 2.52. The molecule has 0 aliphatic carbocycles. The van der Waals surface area contributed by atoms with Crippen LogP contribution < -0.4 is 0 Å². The summed E-state index contributed by atoms with van der Waals surface area (Å²) in [6.45, 7) is 3.43. The summed E-state index contributed by atoms with van der Waals surface area (Å²) >= 11 is 0. The van der Waals surface area contributed by atoms with E-state index in [0.29, 0.717) is 12.8 Å². The maximum Gasteiger partial charge on any atom is 0.162 e. The van der Waals surface area contributed by atoms with E-state index < -0.39 is 5.60 Å². The maximum absolute atomic E-state index is 11.6. The first kappa shape index (κ1) is 10.9. The van der Waals surface area contributed by atoms with Crippen LogP contribution in [0.4, 0.5) is 0 Å². The molecule has 0 radical (unpaired) electrons. The highest BCUT2D eigenvalue weighted by Gasteiger charge is 2.15. The molecule has 1 rings (SSSR count). The monoisotopic (exact) mass is 192 g/mol. The van der Waals surface area contributed by atoms with E-state index in [-0.39, 0.29) is 5.78 Å². The summed E-state index contributed by atoms with van der Waals surface area (Å²) in [5, 5.41) is 9.46. The van der Waals surface area contributed by atoms with E-state index in [1.807, 2.05) is 18.2 Å². The highest BCUT2D eigenvalue weighted by atomic mass is 16.3. The lowest BCUT2D eigenvalue weighted by Gasteiger charge is -2.15. The van der Waals surface area contributed by atoms with E-state index in [1.165, 1.54) is 0 Å². The van der Waals surface area contributed by atoms with Crippen molar-refractivity contribution in [3.8, 4) is 0 Å². The SMILES string of the molecule is CC(C)(O)CCC(=O)c1ccccc1. The zero-order chi connectivity index (χ0) is 10.6. The Morgan fingerprint density at radius 2 is 1.86 bits per heavy atom. The van der Waals surface area contributed by atoms with Crippen molar-refractivity contribution in [2.45, 2.75) is 32.3 Å². The van der Waals surface area contributed by atoms with Crippen molar-refractivity contribution < 1.29 is 9.90 Å². The van der Waals surface area contributed by atoms with Gasteiger partial charge in [-0.1, -0.05) is 30.3 Å². The van der Waals surface area contributed by atoms with Crippen molar-refractivity contribution in [1.29, 1.82) is 0 Å². The number of hydrogen-bond donors (Lipinski definition) is 1. The molecule has 0 aliphatic heterocycles. The number of aliphatic hydroxyl groups is 1. The minimum absolute atomic E-state index is 0.0905. The predicted molar refractivity (Wildman–Crippen MR) is 56.3 cm³/mol. The van der Waals surface area contributed by atoms with Crippen molar-refractivity contribution in [2.75, 3.05) is 0 Å². The summed E-state index contributed by atoms with van der Waals surface area (Å²) in [5.74, 6) is 0.0905. The van der Waals surface area contributed by atoms with Gasteiger partial charge in [0.05, 0.1) is 5.60 Å². The molecule has 0 atom stereocenters. The lowest BCUT2D eigenvalue weighted by Crippen LogP contribution is -2.19. The van der Waals surface area contributed by atoms with Crippen LogP contribution in [0.2, 0.25) is 0 Å². The number of Topliss-reactive ketones (excluding diaryl/α,β-unsaturated/α-hetero) is 1. The van der Waals surface area contributed by atoms with Crippen molar-refractivity contribution >= 4 is 5.78 Å². The predicted octanol–water partition coefficient (Wildman–Crippen LogP) is 2.42. The molecule has 1 aromatic carbocycles. The quantitative estimate of drug-likeness (QED) is 0.744. The molecule has 76 valence electrons. The van der Waals surface area contributed by atoms with Gasteiger partial charge in [0.1, 0.15) is 0 Å². The minimum atomic E-state index is -0.759. The number of hydrogen-bond acceptors (Lipinski definition) is 2. The van der Waals surface area contributed by atoms with Gasteiger partial charge >= 0.3 is 0 Å². The molecule has 0 aliphatic rings. The molecule has 0 amide bonds. The largest absolute Gasteiger partial charge is 0.390 e. The third kappa shape index (κ3) is 3.71. The summed E-state index contributed by atoms with van der Waals surface area (Å²) < 4.78 is 0. The zero-order valence-electron chi connectivity index (χ0n) is 8.66. The number of ketones is 1. The summed E-state index contributed by atoms with van der Waals surface area (Å²) in [7, 11) is 0. The van der Waals surface area contributed by atoms with Crippen LogP contribution in [0.1, 0.15) is 37.0 Å². The minimum Gasteiger partial charge on any atom is -0.390 e. The summed E-state index contributed by atoms with van der Waals surface area (Å²) in [5.41, 5.74) is -0.0403. The standard InChI is InChI=1S/C12H16O2/c1-12(2,14)9-8-11(13)10-6-4-3-5-7-10/h3-7,14H,8-9H2,1-2H3. The fourth-order valence-corrected chi connectivity index (χ4v) is 1.19. The molecule has 2 nitrogen and oxygen atoms in total. The molecule has 14 heavy (non-hydrogen) atoms. The van der Waals surface area contributed by atoms with Crippen LogP contribution in [-0.4, -0.2) is 16.5 Å². The number of carbonyl (C=O) groups is 1. The zero-order valence-corrected chi connectivity index (χ0v) is 8.66. The second-order valence-electron chi connectivity index (χ2n) is 4.10. The van der Waals surface area contributed by atoms with Crippen LogP contribution in [0.3, 0.4) is 0 Å². The van der Waals surface area contributed by atoms with Gasteiger partial charge < -0.3 is 5.11 Å². The Kier molecular flexibility index (Phi) is 3.42. The molecule has 0 saturated carbocycles. The van der Waals surface area contributed by atoms with Gasteiger partial charge in [-0.25, -0.2) is 0 Å². The van der Waals surface area contributed by atoms with Crippen LogP contribution in [-0.2, 0) is 0 Å². The van der Waals surface area contributed by atoms with Gasteiger partial charge in [-0.05, 0) is 20.3 Å². The molecule has 1 N–H and O–H groups in total. The summed E-state index contributed by atoms with van der Waals surface area (Å²) in [6.07, 6.45) is 0.897. The fraction of sp³-hybridized carbons (Fsp3) is 0.417. The average molecular weight is 192 g/mol. The van der Waals surface area contributed by atoms with Crippen molar-refractivity contribution in [3.63, 3.8) is 0 Å². The Bertz CT molecular complexity index is 296. The highest BCUT2D eigenvalue weighted by molar-refractivity contribution is 5.95. The van der Waals surface area contributed by atoms with Gasteiger partial charge in [0.25, 0.3) is 0 Å². The first-order chi connectivity index (χ1) is 6.49. The van der Waals surface area contributed by atoms with E-state index >= 15 is 0 Å². The lowest BCUT2D eigenvalue weighted by atomic mass is 9.98. The third-order valence-electron chi connectivity index (χ3n) is 2.06. The normalized spacial score (nSPS) is 11.4. The van der Waals surface area contributed by atoms with Gasteiger partial charge in [-0.2, -0.15) is 0 Å². The third-order valence-corrected chi connectivity index (χ3v) is 2.06. The van der Waals surface area contributed by atoms with Gasteiger partial charge in [0.15, 0.2) is 5.78 Å². The maximum atomic E-state index is 11.6. The molecule has 0 aromatic heterocycles. The second kappa shape index (κ2) is 4.38. The van der Waals surface area contributed by atoms with E-state index in [0.717, 1.165) is 5.56 Å². The molecule has 1 aromatic rings. The lowest BCUT2D eigenvalue weighted by molar-refractivity contribution is 0.0633. The number of rotatable bonds is 4. The van der Waals surface area contributed by atoms with Crippen molar-refractivity contribution in [3.05, 3.63) is 35.9 Å². The van der Waals surface area contributed by atoms with E-state index in [4.69, 9.17) is 0 Å². The summed E-state index contributed by atoms with van der Waals surface area (Å²) in [4.78, 5) is 11.6. The van der Waals surface area contributed by atoms with E-state index in [2.05, 4.69) is 0 Å². The first-order valence-electron chi connectivity index (χ1n) is 4.80. The fourth-order valence-electron chi connectivity index (χ4n) is 1.19. The van der Waals surface area contributed by atoms with Crippen LogP contribution in [0, 0.1) is 0 Å². The van der Waals surface area contributed by atoms with Gasteiger partial charge in [0, 0.05) is 12.0 Å². The average Bonchev–Trinajstić information content (AvgIpc) is 2.14. The Hall–Kier alpha value is -1.15. The van der Waals surface area contributed by atoms with Crippen LogP contribution in [0.25, 0.3) is 0 Å². The first-order valence-corrected chi connectivity index (χ1v) is 4.80. The van der Waals surface area contributed by atoms with Gasteiger partial charge in [-0.15, -0.1) is 0 Å². The Morgan fingerprint density at radius 3 is 2.36 bits per heavy atom. The molecular formula is C12H16O2. The number of carbonyl (C=O) groups excluding carboxylic acids is 1. The van der Waals surface area contributed by atoms with Crippen LogP contribution >= 0.6 is 0 Å². The summed E-state index contributed by atoms with van der Waals surface area (Å²) in [6, 6.07) is 9.17.